The summed E-state index contributed by atoms with van der Waals surface area (Å²) in [5.74, 6) is 1.20. The molecule has 0 radical (unpaired) electrons. The van der Waals surface area contributed by atoms with Gasteiger partial charge in [-0.3, -0.25) is 0 Å². The van der Waals surface area contributed by atoms with Crippen molar-refractivity contribution in [1.29, 1.82) is 0 Å². The predicted octanol–water partition coefficient (Wildman–Crippen LogP) is 4.53. The molecule has 2 rings (SSSR count). The number of ether oxygens (including phenoxy) is 1. The van der Waals surface area contributed by atoms with Crippen molar-refractivity contribution in [3.8, 4) is 11.5 Å². The lowest BCUT2D eigenvalue weighted by molar-refractivity contribution is 0.318. The highest BCUT2D eigenvalue weighted by atomic mass is 16.5. The largest absolute Gasteiger partial charge is 0.504 e. The van der Waals surface area contributed by atoms with Gasteiger partial charge in [-0.25, -0.2) is 0 Å². The summed E-state index contributed by atoms with van der Waals surface area (Å²) in [6.45, 7) is 7.52. The number of aromatic hydroxyl groups is 1. The summed E-state index contributed by atoms with van der Waals surface area (Å²) in [4.78, 5) is 0. The van der Waals surface area contributed by atoms with Crippen LogP contribution in [0.1, 0.15) is 37.8 Å². The Bertz CT molecular complexity index is 594. The molecule has 0 aliphatic heterocycles. The van der Waals surface area contributed by atoms with Gasteiger partial charge in [0.25, 0.3) is 0 Å². The Labute approximate surface area is 126 Å². The molecule has 0 bridgehead atoms. The number of nitrogens with one attached hydrogen (secondary N) is 1. The Hall–Kier alpha value is -2.16. The molecule has 0 amide bonds. The standard InChI is InChI=1S/C18H23NO2/c1-4-21-18-11-14(9-10-17(18)20)12-19-16-8-6-5-7-15(16)13(2)3/h5-11,13,19-20H,4,12H2,1-3H3. The van der Waals surface area contributed by atoms with Crippen LogP contribution in [0.3, 0.4) is 0 Å². The van der Waals surface area contributed by atoms with E-state index in [1.54, 1.807) is 6.07 Å². The number of anilines is 1. The van der Waals surface area contributed by atoms with E-state index in [-0.39, 0.29) is 5.75 Å². The molecule has 0 aliphatic carbocycles. The lowest BCUT2D eigenvalue weighted by atomic mass is 10.0. The molecule has 0 atom stereocenters. The molecule has 0 fully saturated rings. The zero-order valence-corrected chi connectivity index (χ0v) is 12.9. The Morgan fingerprint density at radius 2 is 1.90 bits per heavy atom. The van der Waals surface area contributed by atoms with Crippen molar-refractivity contribution in [3.05, 3.63) is 53.6 Å². The number of phenols is 1. The van der Waals surface area contributed by atoms with E-state index in [0.29, 0.717) is 24.8 Å². The molecule has 0 saturated heterocycles. The maximum Gasteiger partial charge on any atom is 0.161 e. The predicted molar refractivity (Wildman–Crippen MR) is 87.1 cm³/mol. The van der Waals surface area contributed by atoms with Crippen LogP contribution < -0.4 is 10.1 Å². The molecule has 0 aliphatic rings. The molecule has 2 aromatic rings. The molecule has 0 heterocycles. The van der Waals surface area contributed by atoms with Gasteiger partial charge in [-0.05, 0) is 42.2 Å². The molecule has 3 nitrogen and oxygen atoms in total. The van der Waals surface area contributed by atoms with Gasteiger partial charge in [0.1, 0.15) is 0 Å². The Balaban J connectivity index is 2.11. The Morgan fingerprint density at radius 3 is 2.62 bits per heavy atom. The van der Waals surface area contributed by atoms with Crippen molar-refractivity contribution in [3.63, 3.8) is 0 Å². The zero-order valence-electron chi connectivity index (χ0n) is 12.9. The van der Waals surface area contributed by atoms with E-state index in [9.17, 15) is 5.11 Å². The molecule has 2 N–H and O–H groups in total. The van der Waals surface area contributed by atoms with E-state index in [0.717, 1.165) is 11.3 Å². The van der Waals surface area contributed by atoms with Crippen LogP contribution in [0, 0.1) is 0 Å². The average molecular weight is 285 g/mol. The second-order valence-electron chi connectivity index (χ2n) is 5.33. The third-order valence-corrected chi connectivity index (χ3v) is 3.39. The van der Waals surface area contributed by atoms with Crippen molar-refractivity contribution >= 4 is 5.69 Å². The van der Waals surface area contributed by atoms with Crippen LogP contribution >= 0.6 is 0 Å². The van der Waals surface area contributed by atoms with E-state index in [1.807, 2.05) is 25.1 Å². The maximum absolute atomic E-state index is 9.72. The van der Waals surface area contributed by atoms with Crippen LogP contribution in [-0.4, -0.2) is 11.7 Å². The van der Waals surface area contributed by atoms with E-state index in [4.69, 9.17) is 4.74 Å². The first-order valence-electron chi connectivity index (χ1n) is 7.39. The van der Waals surface area contributed by atoms with Crippen molar-refractivity contribution < 1.29 is 9.84 Å². The minimum absolute atomic E-state index is 0.184. The number of benzene rings is 2. The zero-order chi connectivity index (χ0) is 15.2. The van der Waals surface area contributed by atoms with Gasteiger partial charge in [-0.15, -0.1) is 0 Å². The van der Waals surface area contributed by atoms with Crippen LogP contribution in [-0.2, 0) is 6.54 Å². The Kier molecular flexibility index (Phi) is 5.09. The van der Waals surface area contributed by atoms with Gasteiger partial charge in [0.15, 0.2) is 11.5 Å². The van der Waals surface area contributed by atoms with Gasteiger partial charge in [-0.2, -0.15) is 0 Å². The van der Waals surface area contributed by atoms with E-state index in [2.05, 4.69) is 37.4 Å². The van der Waals surface area contributed by atoms with E-state index < -0.39 is 0 Å². The number of rotatable bonds is 6. The van der Waals surface area contributed by atoms with Crippen LogP contribution in [0.25, 0.3) is 0 Å². The van der Waals surface area contributed by atoms with Crippen molar-refractivity contribution in [2.75, 3.05) is 11.9 Å². The van der Waals surface area contributed by atoms with Crippen LogP contribution in [0.15, 0.2) is 42.5 Å². The average Bonchev–Trinajstić information content (AvgIpc) is 2.48. The topological polar surface area (TPSA) is 41.5 Å². The highest BCUT2D eigenvalue weighted by Gasteiger charge is 2.07. The molecule has 0 spiro atoms. The minimum Gasteiger partial charge on any atom is -0.504 e. The van der Waals surface area contributed by atoms with E-state index in [1.165, 1.54) is 5.56 Å². The molecular formula is C18H23NO2. The smallest absolute Gasteiger partial charge is 0.161 e. The monoisotopic (exact) mass is 285 g/mol. The van der Waals surface area contributed by atoms with E-state index >= 15 is 0 Å². The van der Waals surface area contributed by atoms with Gasteiger partial charge >= 0.3 is 0 Å². The molecule has 0 saturated carbocycles. The lowest BCUT2D eigenvalue weighted by Gasteiger charge is -2.15. The number of hydrogen-bond donors (Lipinski definition) is 2. The summed E-state index contributed by atoms with van der Waals surface area (Å²) in [6.07, 6.45) is 0. The fourth-order valence-corrected chi connectivity index (χ4v) is 2.30. The van der Waals surface area contributed by atoms with Crippen LogP contribution in [0.5, 0.6) is 11.5 Å². The van der Waals surface area contributed by atoms with Gasteiger partial charge in [0.2, 0.25) is 0 Å². The van der Waals surface area contributed by atoms with Gasteiger partial charge in [0.05, 0.1) is 6.61 Å². The summed E-state index contributed by atoms with van der Waals surface area (Å²) >= 11 is 0. The lowest BCUT2D eigenvalue weighted by Crippen LogP contribution is -2.03. The first-order valence-corrected chi connectivity index (χ1v) is 7.39. The highest BCUT2D eigenvalue weighted by Crippen LogP contribution is 2.28. The van der Waals surface area contributed by atoms with Crippen molar-refractivity contribution in [1.82, 2.24) is 0 Å². The van der Waals surface area contributed by atoms with Gasteiger partial charge < -0.3 is 15.2 Å². The minimum atomic E-state index is 0.184. The quantitative estimate of drug-likeness (QED) is 0.819. The number of phenolic OH excluding ortho intramolecular Hbond substituents is 1. The van der Waals surface area contributed by atoms with Crippen LogP contribution in [0.2, 0.25) is 0 Å². The summed E-state index contributed by atoms with van der Waals surface area (Å²) < 4.78 is 5.41. The fraction of sp³-hybridized carbons (Fsp3) is 0.333. The number of hydrogen-bond acceptors (Lipinski definition) is 3. The third-order valence-electron chi connectivity index (χ3n) is 3.39. The third kappa shape index (κ3) is 3.91. The molecule has 2 aromatic carbocycles. The normalized spacial score (nSPS) is 10.7. The fourth-order valence-electron chi connectivity index (χ4n) is 2.30. The summed E-state index contributed by atoms with van der Waals surface area (Å²) in [7, 11) is 0. The summed E-state index contributed by atoms with van der Waals surface area (Å²) in [6, 6.07) is 13.8. The molecule has 3 heteroatoms. The molecular weight excluding hydrogens is 262 g/mol. The maximum atomic E-state index is 9.72. The molecule has 0 aromatic heterocycles. The number of para-hydroxylation sites is 1. The summed E-state index contributed by atoms with van der Waals surface area (Å²) in [5, 5.41) is 13.2. The van der Waals surface area contributed by atoms with Gasteiger partial charge in [-0.1, -0.05) is 38.1 Å². The molecule has 0 unspecified atom stereocenters. The first kappa shape index (κ1) is 15.2. The second-order valence-corrected chi connectivity index (χ2v) is 5.33. The summed E-state index contributed by atoms with van der Waals surface area (Å²) in [5.41, 5.74) is 3.54. The second kappa shape index (κ2) is 7.02. The molecule has 21 heavy (non-hydrogen) atoms. The first-order chi connectivity index (χ1) is 10.1. The van der Waals surface area contributed by atoms with Gasteiger partial charge in [0, 0.05) is 12.2 Å². The SMILES string of the molecule is CCOc1cc(CNc2ccccc2C(C)C)ccc1O. The van der Waals surface area contributed by atoms with Crippen LogP contribution in [0.4, 0.5) is 5.69 Å². The molecule has 112 valence electrons. The Morgan fingerprint density at radius 1 is 1.14 bits per heavy atom. The van der Waals surface area contributed by atoms with Crippen molar-refractivity contribution in [2.24, 2.45) is 0 Å². The highest BCUT2D eigenvalue weighted by molar-refractivity contribution is 5.53. The van der Waals surface area contributed by atoms with Crippen molar-refractivity contribution in [2.45, 2.75) is 33.2 Å².